The van der Waals surface area contributed by atoms with Crippen LogP contribution in [0.25, 0.3) is 0 Å². The number of carbonyl (C=O) groups excluding carboxylic acids is 1. The summed E-state index contributed by atoms with van der Waals surface area (Å²) in [7, 11) is 0. The molecule has 21 heavy (non-hydrogen) atoms. The lowest BCUT2D eigenvalue weighted by Gasteiger charge is -2.36. The Hall–Kier alpha value is -1.39. The van der Waals surface area contributed by atoms with Gasteiger partial charge in [-0.25, -0.2) is 0 Å². The summed E-state index contributed by atoms with van der Waals surface area (Å²) in [5, 5.41) is 13.2. The summed E-state index contributed by atoms with van der Waals surface area (Å²) in [6.45, 7) is 2.15. The Morgan fingerprint density at radius 1 is 1.43 bits per heavy atom. The molecule has 0 radical (unpaired) electrons. The van der Waals surface area contributed by atoms with Gasteiger partial charge in [0, 0.05) is 6.42 Å². The fraction of sp³-hybridized carbons (Fsp3) is 0.588. The number of nitrogens with two attached hydrogens (primary N) is 1. The second-order valence-electron chi connectivity index (χ2n) is 6.78. The third kappa shape index (κ3) is 2.70. The van der Waals surface area contributed by atoms with E-state index in [1.807, 2.05) is 24.3 Å². The number of nitrogens with one attached hydrogen (secondary N) is 1. The van der Waals surface area contributed by atoms with E-state index in [1.165, 1.54) is 0 Å². The lowest BCUT2D eigenvalue weighted by Crippen LogP contribution is -2.57. The monoisotopic (exact) mass is 288 g/mol. The van der Waals surface area contributed by atoms with E-state index in [1.54, 1.807) is 0 Å². The molecular formula is C17H24N2O2. The van der Waals surface area contributed by atoms with Gasteiger partial charge in [0.15, 0.2) is 0 Å². The Morgan fingerprint density at radius 3 is 2.95 bits per heavy atom. The minimum atomic E-state index is -0.783. The molecule has 0 heterocycles. The molecule has 1 aromatic carbocycles. The minimum Gasteiger partial charge on any atom is -0.390 e. The van der Waals surface area contributed by atoms with Crippen LogP contribution in [0.3, 0.4) is 0 Å². The molecule has 0 aliphatic heterocycles. The predicted molar refractivity (Wildman–Crippen MR) is 81.6 cm³/mol. The van der Waals surface area contributed by atoms with Crippen molar-refractivity contribution in [3.8, 4) is 0 Å². The molecule has 2 unspecified atom stereocenters. The summed E-state index contributed by atoms with van der Waals surface area (Å²) in [5.74, 6) is 0.366. The molecule has 1 aromatic rings. The zero-order valence-electron chi connectivity index (χ0n) is 12.5. The van der Waals surface area contributed by atoms with Gasteiger partial charge in [0.2, 0.25) is 5.91 Å². The van der Waals surface area contributed by atoms with Crippen LogP contribution in [0.2, 0.25) is 0 Å². The van der Waals surface area contributed by atoms with Crippen molar-refractivity contribution in [3.63, 3.8) is 0 Å². The molecule has 0 saturated heterocycles. The Morgan fingerprint density at radius 2 is 2.19 bits per heavy atom. The molecule has 2 aliphatic carbocycles. The Labute approximate surface area is 125 Å². The number of hydrogen-bond donors (Lipinski definition) is 3. The van der Waals surface area contributed by atoms with Gasteiger partial charge in [-0.15, -0.1) is 0 Å². The van der Waals surface area contributed by atoms with Crippen molar-refractivity contribution in [2.75, 3.05) is 0 Å². The van der Waals surface area contributed by atoms with Gasteiger partial charge in [-0.05, 0) is 29.9 Å². The first-order valence-corrected chi connectivity index (χ1v) is 7.85. The molecule has 1 fully saturated rings. The van der Waals surface area contributed by atoms with Crippen LogP contribution in [-0.4, -0.2) is 22.7 Å². The van der Waals surface area contributed by atoms with Gasteiger partial charge < -0.3 is 16.2 Å². The summed E-state index contributed by atoms with van der Waals surface area (Å²) < 4.78 is 0. The first-order chi connectivity index (χ1) is 9.99. The normalized spacial score (nSPS) is 35.3. The Kier molecular flexibility index (Phi) is 3.76. The average Bonchev–Trinajstić information content (AvgIpc) is 2.75. The fourth-order valence-corrected chi connectivity index (χ4v) is 3.83. The van der Waals surface area contributed by atoms with Crippen LogP contribution in [0.15, 0.2) is 24.3 Å². The molecule has 0 bridgehead atoms. The van der Waals surface area contributed by atoms with E-state index >= 15 is 0 Å². The molecule has 1 saturated carbocycles. The standard InChI is InChI=1S/C17H24N2O2/c1-11-5-4-8-17(18,10-11)16(21)19-15-13-7-3-2-6-12(13)9-14(15)20/h2-3,6-7,11,14-15,20H,4-5,8-10,18H2,1H3,(H,19,21)/t11?,14-,15+,17?/m0/s1. The van der Waals surface area contributed by atoms with Crippen LogP contribution in [-0.2, 0) is 11.2 Å². The molecule has 4 atom stereocenters. The maximum absolute atomic E-state index is 12.6. The predicted octanol–water partition coefficient (Wildman–Crippen LogP) is 1.67. The van der Waals surface area contributed by atoms with Crippen LogP contribution in [0.5, 0.6) is 0 Å². The molecule has 4 nitrogen and oxygen atoms in total. The maximum atomic E-state index is 12.6. The molecule has 0 aromatic heterocycles. The van der Waals surface area contributed by atoms with Crippen molar-refractivity contribution in [3.05, 3.63) is 35.4 Å². The zero-order chi connectivity index (χ0) is 15.0. The molecule has 0 spiro atoms. The lowest BCUT2D eigenvalue weighted by molar-refractivity contribution is -0.129. The molecule has 114 valence electrons. The third-order valence-corrected chi connectivity index (χ3v) is 4.98. The van der Waals surface area contributed by atoms with Gasteiger partial charge in [-0.3, -0.25) is 4.79 Å². The summed E-state index contributed by atoms with van der Waals surface area (Å²) in [5.41, 5.74) is 7.69. The van der Waals surface area contributed by atoms with E-state index in [0.29, 0.717) is 12.3 Å². The van der Waals surface area contributed by atoms with E-state index in [9.17, 15) is 9.90 Å². The van der Waals surface area contributed by atoms with E-state index in [0.717, 1.165) is 36.8 Å². The minimum absolute atomic E-state index is 0.116. The fourth-order valence-electron chi connectivity index (χ4n) is 3.83. The molecule has 1 amide bonds. The van der Waals surface area contributed by atoms with Crippen LogP contribution in [0, 0.1) is 5.92 Å². The van der Waals surface area contributed by atoms with Crippen LogP contribution >= 0.6 is 0 Å². The van der Waals surface area contributed by atoms with Crippen LogP contribution in [0.1, 0.15) is 49.8 Å². The van der Waals surface area contributed by atoms with E-state index in [-0.39, 0.29) is 11.9 Å². The van der Waals surface area contributed by atoms with Gasteiger partial charge in [0.05, 0.1) is 17.7 Å². The number of hydrogen-bond acceptors (Lipinski definition) is 3. The molecule has 4 heteroatoms. The topological polar surface area (TPSA) is 75.4 Å². The van der Waals surface area contributed by atoms with E-state index in [4.69, 9.17) is 5.73 Å². The number of benzene rings is 1. The largest absolute Gasteiger partial charge is 0.390 e. The smallest absolute Gasteiger partial charge is 0.240 e. The van der Waals surface area contributed by atoms with Gasteiger partial charge in [0.1, 0.15) is 0 Å². The Balaban J connectivity index is 1.76. The molecule has 2 aliphatic rings. The van der Waals surface area contributed by atoms with Crippen LogP contribution < -0.4 is 11.1 Å². The van der Waals surface area contributed by atoms with E-state index < -0.39 is 11.6 Å². The number of aliphatic hydroxyl groups excluding tert-OH is 1. The maximum Gasteiger partial charge on any atom is 0.240 e. The number of carbonyl (C=O) groups is 1. The summed E-state index contributed by atoms with van der Waals surface area (Å²) >= 11 is 0. The second-order valence-corrected chi connectivity index (χ2v) is 6.78. The quantitative estimate of drug-likeness (QED) is 0.775. The average molecular weight is 288 g/mol. The van der Waals surface area contributed by atoms with Gasteiger partial charge in [-0.2, -0.15) is 0 Å². The second kappa shape index (κ2) is 5.43. The zero-order valence-corrected chi connectivity index (χ0v) is 12.5. The number of fused-ring (bicyclic) bond motifs is 1. The third-order valence-electron chi connectivity index (χ3n) is 4.98. The highest BCUT2D eigenvalue weighted by molar-refractivity contribution is 5.86. The number of aliphatic hydroxyl groups is 1. The van der Waals surface area contributed by atoms with Gasteiger partial charge >= 0.3 is 0 Å². The van der Waals surface area contributed by atoms with Crippen molar-refractivity contribution in [1.82, 2.24) is 5.32 Å². The summed E-state index contributed by atoms with van der Waals surface area (Å²) in [4.78, 5) is 12.6. The van der Waals surface area contributed by atoms with Crippen LogP contribution in [0.4, 0.5) is 0 Å². The van der Waals surface area contributed by atoms with Crippen molar-refractivity contribution < 1.29 is 9.90 Å². The van der Waals surface area contributed by atoms with Gasteiger partial charge in [0.25, 0.3) is 0 Å². The first-order valence-electron chi connectivity index (χ1n) is 7.85. The first kappa shape index (κ1) is 14.5. The summed E-state index contributed by atoms with van der Waals surface area (Å²) in [6, 6.07) is 7.56. The van der Waals surface area contributed by atoms with Crippen molar-refractivity contribution in [2.45, 2.75) is 56.7 Å². The highest BCUT2D eigenvalue weighted by Crippen LogP contribution is 2.34. The highest BCUT2D eigenvalue weighted by atomic mass is 16.3. The lowest BCUT2D eigenvalue weighted by atomic mass is 9.76. The SMILES string of the molecule is CC1CCCC(N)(C(=O)N[C@@H]2c3ccccc3C[C@@H]2O)C1. The molecular weight excluding hydrogens is 264 g/mol. The summed E-state index contributed by atoms with van der Waals surface area (Å²) in [6.07, 6.45) is 3.62. The number of amides is 1. The van der Waals surface area contributed by atoms with E-state index in [2.05, 4.69) is 12.2 Å². The van der Waals surface area contributed by atoms with Crippen molar-refractivity contribution in [1.29, 1.82) is 0 Å². The number of rotatable bonds is 2. The molecule has 4 N–H and O–H groups in total. The van der Waals surface area contributed by atoms with Crippen molar-refractivity contribution >= 4 is 5.91 Å². The highest BCUT2D eigenvalue weighted by Gasteiger charge is 2.41. The van der Waals surface area contributed by atoms with Crippen molar-refractivity contribution in [2.24, 2.45) is 11.7 Å². The Bertz CT molecular complexity index is 545. The van der Waals surface area contributed by atoms with Gasteiger partial charge in [-0.1, -0.05) is 44.0 Å². The molecule has 3 rings (SSSR count).